The summed E-state index contributed by atoms with van der Waals surface area (Å²) in [6, 6.07) is 0. The summed E-state index contributed by atoms with van der Waals surface area (Å²) in [4.78, 5) is 8.70. The lowest BCUT2D eigenvalue weighted by atomic mass is 10.5. The highest BCUT2D eigenvalue weighted by Crippen LogP contribution is 2.07. The Bertz CT molecular complexity index is 188. The standard InChI is InChI=1S/C4H6N2O4/c7-4-3-6(9,10)2-1-5(4)8/h1-2,8-9H,3H2. The van der Waals surface area contributed by atoms with Crippen LogP contribution in [0.5, 0.6) is 0 Å². The zero-order valence-electron chi connectivity index (χ0n) is 4.97. The van der Waals surface area contributed by atoms with E-state index < -0.39 is 17.3 Å². The average molecular weight is 146 g/mol. The van der Waals surface area contributed by atoms with Gasteiger partial charge in [0.25, 0.3) is 0 Å². The highest BCUT2D eigenvalue weighted by molar-refractivity contribution is 5.77. The van der Waals surface area contributed by atoms with Gasteiger partial charge in [0.15, 0.2) is 6.54 Å². The molecule has 1 unspecified atom stereocenters. The zero-order valence-corrected chi connectivity index (χ0v) is 4.97. The van der Waals surface area contributed by atoms with Crippen LogP contribution in [0.15, 0.2) is 12.4 Å². The van der Waals surface area contributed by atoms with Crippen LogP contribution in [0, 0.1) is 5.21 Å². The molecule has 0 saturated heterocycles. The Hall–Kier alpha value is -0.950. The van der Waals surface area contributed by atoms with Crippen molar-refractivity contribution in [3.63, 3.8) is 0 Å². The van der Waals surface area contributed by atoms with Gasteiger partial charge in [0, 0.05) is 0 Å². The summed E-state index contributed by atoms with van der Waals surface area (Å²) in [7, 11) is 0. The fraction of sp³-hybridized carbons (Fsp3) is 0.250. The molecule has 6 heteroatoms. The molecule has 10 heavy (non-hydrogen) atoms. The van der Waals surface area contributed by atoms with E-state index in [9.17, 15) is 10.0 Å². The Morgan fingerprint density at radius 2 is 2.40 bits per heavy atom. The monoisotopic (exact) mass is 146 g/mol. The SMILES string of the molecule is O=C1C[N+]([O-])(O)C=CN1O. The van der Waals surface area contributed by atoms with E-state index in [0.717, 1.165) is 12.4 Å². The number of hydroxylamine groups is 6. The van der Waals surface area contributed by atoms with Gasteiger partial charge in [-0.15, -0.1) is 0 Å². The van der Waals surface area contributed by atoms with Crippen LogP contribution in [0.25, 0.3) is 0 Å². The van der Waals surface area contributed by atoms with Crippen molar-refractivity contribution in [2.24, 2.45) is 0 Å². The Kier molecular flexibility index (Phi) is 1.45. The number of nitrogens with zero attached hydrogens (tertiary/aromatic N) is 2. The van der Waals surface area contributed by atoms with E-state index in [-0.39, 0.29) is 5.06 Å². The third kappa shape index (κ3) is 1.31. The molecule has 0 bridgehead atoms. The first-order valence-corrected chi connectivity index (χ1v) is 2.53. The molecule has 56 valence electrons. The Balaban J connectivity index is 2.79. The molecule has 1 aliphatic rings. The van der Waals surface area contributed by atoms with Crippen molar-refractivity contribution >= 4 is 5.91 Å². The Morgan fingerprint density at radius 1 is 1.80 bits per heavy atom. The van der Waals surface area contributed by atoms with Gasteiger partial charge in [-0.3, -0.25) is 10.0 Å². The molecule has 1 atom stereocenters. The van der Waals surface area contributed by atoms with Gasteiger partial charge < -0.3 is 5.21 Å². The van der Waals surface area contributed by atoms with Gasteiger partial charge in [0.2, 0.25) is 0 Å². The average Bonchev–Trinajstić information content (AvgIpc) is 1.79. The zero-order chi connectivity index (χ0) is 7.78. The van der Waals surface area contributed by atoms with E-state index >= 15 is 0 Å². The summed E-state index contributed by atoms with van der Waals surface area (Å²) in [6.45, 7) is -0.688. The molecule has 0 spiro atoms. The van der Waals surface area contributed by atoms with Crippen LogP contribution in [0.2, 0.25) is 0 Å². The lowest BCUT2D eigenvalue weighted by Gasteiger charge is -2.32. The Labute approximate surface area is 56.3 Å². The van der Waals surface area contributed by atoms with Gasteiger partial charge in [-0.05, 0) is 0 Å². The fourth-order valence-electron chi connectivity index (χ4n) is 0.569. The van der Waals surface area contributed by atoms with Gasteiger partial charge in [0.1, 0.15) is 6.20 Å². The molecule has 0 aromatic heterocycles. The first-order valence-electron chi connectivity index (χ1n) is 2.53. The molecule has 0 saturated carbocycles. The minimum atomic E-state index is -1.75. The molecule has 1 heterocycles. The second-order valence-electron chi connectivity index (χ2n) is 1.95. The lowest BCUT2D eigenvalue weighted by molar-refractivity contribution is -1.02. The molecule has 1 aliphatic heterocycles. The highest BCUT2D eigenvalue weighted by atomic mass is 16.8. The predicted molar refractivity (Wildman–Crippen MR) is 28.1 cm³/mol. The van der Waals surface area contributed by atoms with Crippen LogP contribution in [0.4, 0.5) is 0 Å². The van der Waals surface area contributed by atoms with Crippen molar-refractivity contribution in [3.05, 3.63) is 17.6 Å². The van der Waals surface area contributed by atoms with E-state index in [4.69, 9.17) is 10.4 Å². The molecule has 1 rings (SSSR count). The van der Waals surface area contributed by atoms with Crippen LogP contribution in [-0.4, -0.2) is 32.7 Å². The van der Waals surface area contributed by atoms with Crippen LogP contribution in [0.1, 0.15) is 0 Å². The van der Waals surface area contributed by atoms with Crippen LogP contribution < -0.4 is 0 Å². The molecule has 0 aliphatic carbocycles. The molecule has 6 nitrogen and oxygen atoms in total. The normalized spacial score (nSPS) is 33.1. The van der Waals surface area contributed by atoms with Crippen molar-refractivity contribution in [3.8, 4) is 0 Å². The van der Waals surface area contributed by atoms with Crippen LogP contribution in [0.3, 0.4) is 0 Å². The summed E-state index contributed by atoms with van der Waals surface area (Å²) in [5.41, 5.74) is 0. The summed E-state index contributed by atoms with van der Waals surface area (Å²) in [5, 5.41) is 27.9. The minimum Gasteiger partial charge on any atom is -0.593 e. The highest BCUT2D eigenvalue weighted by Gasteiger charge is 2.25. The molecule has 1 amide bonds. The number of hydrogen-bond donors (Lipinski definition) is 2. The lowest BCUT2D eigenvalue weighted by Crippen LogP contribution is -2.46. The fourth-order valence-corrected chi connectivity index (χ4v) is 0.569. The molecule has 0 radical (unpaired) electrons. The van der Waals surface area contributed by atoms with Crippen molar-refractivity contribution < 1.29 is 20.0 Å². The minimum absolute atomic E-state index is 0.255. The number of rotatable bonds is 0. The summed E-state index contributed by atoms with van der Waals surface area (Å²) in [5.74, 6) is -0.833. The molecular formula is C4H6N2O4. The van der Waals surface area contributed by atoms with E-state index in [1.54, 1.807) is 0 Å². The quantitative estimate of drug-likeness (QED) is 0.271. The third-order valence-electron chi connectivity index (χ3n) is 1.06. The summed E-state index contributed by atoms with van der Waals surface area (Å²) in [6.07, 6.45) is 1.56. The van der Waals surface area contributed by atoms with Crippen LogP contribution >= 0.6 is 0 Å². The smallest absolute Gasteiger partial charge is 0.309 e. The maximum atomic E-state index is 10.5. The third-order valence-corrected chi connectivity index (χ3v) is 1.06. The van der Waals surface area contributed by atoms with E-state index in [2.05, 4.69) is 0 Å². The predicted octanol–water partition coefficient (Wildman–Crippen LogP) is -0.607. The number of quaternary nitrogens is 1. The van der Waals surface area contributed by atoms with Gasteiger partial charge in [0.05, 0.1) is 6.20 Å². The van der Waals surface area contributed by atoms with Gasteiger partial charge in [-0.2, -0.15) is 9.87 Å². The number of hydrogen-bond acceptors (Lipinski definition) is 4. The maximum Gasteiger partial charge on any atom is 0.309 e. The van der Waals surface area contributed by atoms with Crippen molar-refractivity contribution in [1.29, 1.82) is 0 Å². The first-order chi connectivity index (χ1) is 4.51. The van der Waals surface area contributed by atoms with Crippen LogP contribution in [-0.2, 0) is 4.79 Å². The topological polar surface area (TPSA) is 83.8 Å². The molecule has 0 aromatic rings. The van der Waals surface area contributed by atoms with Crippen molar-refractivity contribution in [2.75, 3.05) is 6.54 Å². The number of carbonyl (C=O) groups is 1. The van der Waals surface area contributed by atoms with Gasteiger partial charge in [-0.1, -0.05) is 0 Å². The molecule has 0 aromatic carbocycles. The molecular weight excluding hydrogens is 140 g/mol. The van der Waals surface area contributed by atoms with Crippen molar-refractivity contribution in [1.82, 2.24) is 5.06 Å². The van der Waals surface area contributed by atoms with E-state index in [0.29, 0.717) is 0 Å². The van der Waals surface area contributed by atoms with E-state index in [1.165, 1.54) is 0 Å². The van der Waals surface area contributed by atoms with Gasteiger partial charge in [-0.25, -0.2) is 5.21 Å². The summed E-state index contributed by atoms with van der Waals surface area (Å²) < 4.78 is 0. The largest absolute Gasteiger partial charge is 0.593 e. The number of carbonyl (C=O) groups excluding carboxylic acids is 1. The van der Waals surface area contributed by atoms with Crippen molar-refractivity contribution in [2.45, 2.75) is 0 Å². The molecule has 2 N–H and O–H groups in total. The molecule has 0 fully saturated rings. The second-order valence-corrected chi connectivity index (χ2v) is 1.95. The summed E-state index contributed by atoms with van der Waals surface area (Å²) >= 11 is 0. The number of amides is 1. The Morgan fingerprint density at radius 3 is 2.80 bits per heavy atom. The maximum absolute atomic E-state index is 10.5. The van der Waals surface area contributed by atoms with Gasteiger partial charge >= 0.3 is 5.91 Å². The first kappa shape index (κ1) is 7.16. The van der Waals surface area contributed by atoms with E-state index in [1.807, 2.05) is 0 Å². The second kappa shape index (κ2) is 2.03.